The van der Waals surface area contributed by atoms with Gasteiger partial charge in [-0.05, 0) is 27.7 Å². The predicted octanol–water partition coefficient (Wildman–Crippen LogP) is 1.58. The summed E-state index contributed by atoms with van der Waals surface area (Å²) in [6.07, 6.45) is 0.805. The van der Waals surface area contributed by atoms with Gasteiger partial charge < -0.3 is 10.1 Å². The van der Waals surface area contributed by atoms with Crippen molar-refractivity contribution >= 4 is 15.8 Å². The fraction of sp³-hybridized carbons (Fsp3) is 0.889. The Morgan fingerprint density at radius 3 is 2.33 bits per heavy atom. The fourth-order valence-corrected chi connectivity index (χ4v) is 2.06. The molecule has 0 fully saturated rings. The summed E-state index contributed by atoms with van der Waals surface area (Å²) in [5.41, 5.74) is -0.543. The van der Waals surface area contributed by atoms with Crippen molar-refractivity contribution in [2.75, 3.05) is 12.0 Å². The second kappa shape index (κ2) is 4.83. The molecule has 6 heteroatoms. The topological polar surface area (TPSA) is 79.3 Å². The van der Waals surface area contributed by atoms with Crippen molar-refractivity contribution in [3.8, 4) is 0 Å². The maximum absolute atomic E-state index is 11.3. The molecule has 0 heterocycles. The first-order valence-corrected chi connectivity index (χ1v) is 6.84. The van der Waals surface area contributed by atoms with Crippen LogP contribution >= 0.6 is 0 Å². The van der Waals surface area contributed by atoms with Crippen molar-refractivity contribution in [3.05, 3.63) is 0 Å². The molecule has 0 spiro atoms. The smallest absolute Gasteiger partial charge is 0.407 e. The van der Waals surface area contributed by atoms with E-state index in [9.17, 15) is 9.00 Å². The van der Waals surface area contributed by atoms with Crippen LogP contribution in [0, 0.1) is 4.78 Å². The van der Waals surface area contributed by atoms with E-state index in [0.29, 0.717) is 0 Å². The number of rotatable bonds is 3. The maximum Gasteiger partial charge on any atom is 0.407 e. The Balaban J connectivity index is 4.09. The third-order valence-electron chi connectivity index (χ3n) is 1.33. The van der Waals surface area contributed by atoms with Crippen molar-refractivity contribution in [1.29, 1.82) is 4.78 Å². The Hall–Kier alpha value is -0.780. The molecule has 0 aliphatic carbocycles. The quantitative estimate of drug-likeness (QED) is 0.780. The highest BCUT2D eigenvalue weighted by Gasteiger charge is 2.18. The lowest BCUT2D eigenvalue weighted by Gasteiger charge is -2.21. The normalized spacial score (nSPS) is 17.7. The molecule has 0 aromatic heterocycles. The molecule has 0 aliphatic heterocycles. The Morgan fingerprint density at radius 1 is 1.53 bits per heavy atom. The largest absolute Gasteiger partial charge is 0.444 e. The number of alkyl carbamates (subject to hydrolysis) is 1. The van der Waals surface area contributed by atoms with Crippen LogP contribution in [0.3, 0.4) is 0 Å². The Bertz CT molecular complexity index is 317. The number of hydrogen-bond acceptors (Lipinski definition) is 4. The molecule has 90 valence electrons. The third-order valence-corrected chi connectivity index (χ3v) is 2.47. The molecular formula is C9H20N2O3S. The first-order chi connectivity index (χ1) is 6.49. The number of carbonyl (C=O) groups is 1. The van der Waals surface area contributed by atoms with Gasteiger partial charge >= 0.3 is 6.09 Å². The van der Waals surface area contributed by atoms with Crippen LogP contribution in [0.25, 0.3) is 0 Å². The highest BCUT2D eigenvalue weighted by Crippen LogP contribution is 2.06. The van der Waals surface area contributed by atoms with Gasteiger partial charge in [0.15, 0.2) is 0 Å². The van der Waals surface area contributed by atoms with Crippen molar-refractivity contribution in [3.63, 3.8) is 0 Å². The van der Waals surface area contributed by atoms with Crippen LogP contribution in [0.5, 0.6) is 0 Å². The summed E-state index contributed by atoms with van der Waals surface area (Å²) < 4.78 is 23.4. The Kier molecular flexibility index (Phi) is 4.58. The van der Waals surface area contributed by atoms with Crippen LogP contribution in [-0.2, 0) is 14.5 Å². The fourth-order valence-electron chi connectivity index (χ4n) is 1.03. The van der Waals surface area contributed by atoms with Crippen molar-refractivity contribution in [2.45, 2.75) is 39.3 Å². The minimum Gasteiger partial charge on any atom is -0.444 e. The zero-order valence-electron chi connectivity index (χ0n) is 9.92. The molecule has 0 rings (SSSR count). The van der Waals surface area contributed by atoms with Gasteiger partial charge in [0.25, 0.3) is 0 Å². The van der Waals surface area contributed by atoms with E-state index >= 15 is 0 Å². The minimum atomic E-state index is -2.58. The van der Waals surface area contributed by atoms with Gasteiger partial charge in [-0.25, -0.2) is 4.79 Å². The summed E-state index contributed by atoms with van der Waals surface area (Å²) in [7, 11) is -2.58. The first kappa shape index (κ1) is 14.2. The summed E-state index contributed by atoms with van der Waals surface area (Å²) in [5.74, 6) is 0.131. The maximum atomic E-state index is 11.3. The van der Waals surface area contributed by atoms with Gasteiger partial charge in [0.1, 0.15) is 5.60 Å². The van der Waals surface area contributed by atoms with Crippen molar-refractivity contribution in [1.82, 2.24) is 5.32 Å². The molecule has 15 heavy (non-hydrogen) atoms. The molecule has 0 radical (unpaired) electrons. The van der Waals surface area contributed by atoms with Gasteiger partial charge in [-0.3, -0.25) is 8.99 Å². The van der Waals surface area contributed by atoms with Crippen molar-refractivity contribution in [2.24, 2.45) is 0 Å². The highest BCUT2D eigenvalue weighted by atomic mass is 32.2. The molecule has 0 aromatic carbocycles. The third kappa shape index (κ3) is 9.52. The van der Waals surface area contributed by atoms with E-state index in [0.717, 1.165) is 0 Å². The summed E-state index contributed by atoms with van der Waals surface area (Å²) in [6.45, 7) is 7.00. The summed E-state index contributed by atoms with van der Waals surface area (Å²) in [5, 5.41) is 2.53. The lowest BCUT2D eigenvalue weighted by atomic mass is 10.2. The number of amides is 1. The average Bonchev–Trinajstić information content (AvgIpc) is 1.73. The number of hydrogen-bond donors (Lipinski definition) is 2. The Labute approximate surface area is 91.6 Å². The molecule has 2 unspecified atom stereocenters. The van der Waals surface area contributed by atoms with Crippen LogP contribution < -0.4 is 5.32 Å². The molecule has 5 nitrogen and oxygen atoms in total. The van der Waals surface area contributed by atoms with Crippen LogP contribution in [0.4, 0.5) is 4.79 Å². The summed E-state index contributed by atoms with van der Waals surface area (Å²) in [4.78, 5) is 11.3. The SMILES string of the molecule is CC(CS(C)(=N)=O)NC(=O)OC(C)(C)C. The predicted molar refractivity (Wildman–Crippen MR) is 60.5 cm³/mol. The van der Waals surface area contributed by atoms with E-state index in [2.05, 4.69) is 5.32 Å². The molecule has 1 amide bonds. The van der Waals surface area contributed by atoms with E-state index in [4.69, 9.17) is 9.52 Å². The van der Waals surface area contributed by atoms with Crippen molar-refractivity contribution < 1.29 is 13.7 Å². The summed E-state index contributed by atoms with van der Waals surface area (Å²) >= 11 is 0. The van der Waals surface area contributed by atoms with E-state index in [1.807, 2.05) is 0 Å². The minimum absolute atomic E-state index is 0.131. The molecule has 0 saturated heterocycles. The lowest BCUT2D eigenvalue weighted by molar-refractivity contribution is 0.0513. The zero-order chi connectivity index (χ0) is 12.3. The van der Waals surface area contributed by atoms with Crippen LogP contribution in [0.2, 0.25) is 0 Å². The monoisotopic (exact) mass is 236 g/mol. The number of nitrogens with one attached hydrogen (secondary N) is 2. The zero-order valence-corrected chi connectivity index (χ0v) is 10.7. The van der Waals surface area contributed by atoms with Gasteiger partial charge in [0.2, 0.25) is 0 Å². The van der Waals surface area contributed by atoms with E-state index < -0.39 is 21.4 Å². The molecule has 0 aromatic rings. The second-order valence-corrected chi connectivity index (χ2v) is 7.06. The van der Waals surface area contributed by atoms with Crippen LogP contribution in [0.15, 0.2) is 0 Å². The number of carbonyl (C=O) groups excluding carboxylic acids is 1. The Morgan fingerprint density at radius 2 is 2.00 bits per heavy atom. The molecule has 2 atom stereocenters. The van der Waals surface area contributed by atoms with Gasteiger partial charge in [-0.2, -0.15) is 0 Å². The van der Waals surface area contributed by atoms with E-state index in [1.165, 1.54) is 6.26 Å². The second-order valence-electron chi connectivity index (χ2n) is 4.72. The van der Waals surface area contributed by atoms with E-state index in [1.54, 1.807) is 27.7 Å². The first-order valence-electron chi connectivity index (χ1n) is 4.70. The van der Waals surface area contributed by atoms with Crippen LogP contribution in [0.1, 0.15) is 27.7 Å². The molecular weight excluding hydrogens is 216 g/mol. The van der Waals surface area contributed by atoms with Gasteiger partial charge in [0, 0.05) is 22.0 Å². The molecule has 0 bridgehead atoms. The van der Waals surface area contributed by atoms with Gasteiger partial charge in [-0.15, -0.1) is 0 Å². The van der Waals surface area contributed by atoms with E-state index in [-0.39, 0.29) is 11.8 Å². The number of ether oxygens (including phenoxy) is 1. The van der Waals surface area contributed by atoms with Gasteiger partial charge in [0.05, 0.1) is 5.75 Å². The molecule has 0 aliphatic rings. The van der Waals surface area contributed by atoms with Gasteiger partial charge in [-0.1, -0.05) is 0 Å². The highest BCUT2D eigenvalue weighted by molar-refractivity contribution is 7.91. The average molecular weight is 236 g/mol. The summed E-state index contributed by atoms with van der Waals surface area (Å²) in [6, 6.07) is -0.324. The lowest BCUT2D eigenvalue weighted by Crippen LogP contribution is -2.40. The standard InChI is InChI=1S/C9H20N2O3S/c1-7(6-15(5,10)13)11-8(12)14-9(2,3)4/h7,10H,6H2,1-5H3,(H,11,12). The molecule has 2 N–H and O–H groups in total. The molecule has 0 saturated carbocycles. The van der Waals surface area contributed by atoms with Crippen LogP contribution in [-0.4, -0.2) is 34.0 Å².